The lowest BCUT2D eigenvalue weighted by atomic mass is 9.86. The van der Waals surface area contributed by atoms with Gasteiger partial charge in [-0.2, -0.15) is 0 Å². The van der Waals surface area contributed by atoms with Crippen LogP contribution in [-0.2, 0) is 15.1 Å². The average molecular weight is 330 g/mol. The van der Waals surface area contributed by atoms with Gasteiger partial charge in [-0.1, -0.05) is 91.0 Å². The van der Waals surface area contributed by atoms with Crippen LogP contribution in [0, 0.1) is 0 Å². The molecule has 0 aromatic heterocycles. The van der Waals surface area contributed by atoms with Gasteiger partial charge < -0.3 is 9.47 Å². The van der Waals surface area contributed by atoms with Crippen LogP contribution in [0.5, 0.6) is 0 Å². The Kier molecular flexibility index (Phi) is 4.18. The van der Waals surface area contributed by atoms with Crippen LogP contribution in [0.1, 0.15) is 27.8 Å². The summed E-state index contributed by atoms with van der Waals surface area (Å²) in [6, 6.07) is 28.5. The molecule has 0 aliphatic carbocycles. The molecule has 1 aliphatic rings. The maximum atomic E-state index is 13.3. The summed E-state index contributed by atoms with van der Waals surface area (Å²) in [5.74, 6) is -0.0854. The predicted octanol–water partition coefficient (Wildman–Crippen LogP) is 4.51. The maximum Gasteiger partial charge on any atom is 0.201 e. The van der Waals surface area contributed by atoms with Gasteiger partial charge in [0.2, 0.25) is 5.78 Å². The first-order chi connectivity index (χ1) is 12.3. The summed E-state index contributed by atoms with van der Waals surface area (Å²) in [4.78, 5) is 13.3. The van der Waals surface area contributed by atoms with E-state index in [4.69, 9.17) is 9.47 Å². The van der Waals surface area contributed by atoms with Crippen molar-refractivity contribution < 1.29 is 14.3 Å². The summed E-state index contributed by atoms with van der Waals surface area (Å²) in [6.07, 6.45) is -0.561. The third-order valence-electron chi connectivity index (χ3n) is 4.46. The van der Waals surface area contributed by atoms with Crippen molar-refractivity contribution in [2.24, 2.45) is 0 Å². The van der Waals surface area contributed by atoms with E-state index >= 15 is 0 Å². The van der Waals surface area contributed by atoms with E-state index in [2.05, 4.69) is 0 Å². The molecule has 4 rings (SSSR count). The number of hydrogen-bond donors (Lipinski definition) is 0. The average Bonchev–Trinajstić information content (AvgIpc) is 3.16. The lowest BCUT2D eigenvalue weighted by Crippen LogP contribution is -2.38. The van der Waals surface area contributed by atoms with E-state index in [1.807, 2.05) is 91.0 Å². The number of hydrogen-bond acceptors (Lipinski definition) is 3. The number of ketones is 1. The molecule has 3 nitrogen and oxygen atoms in total. The normalized spacial score (nSPS) is 22.6. The number of rotatable bonds is 4. The van der Waals surface area contributed by atoms with E-state index in [9.17, 15) is 4.79 Å². The summed E-state index contributed by atoms with van der Waals surface area (Å²) < 4.78 is 12.2. The van der Waals surface area contributed by atoms with Crippen molar-refractivity contribution in [1.82, 2.24) is 0 Å². The zero-order valence-corrected chi connectivity index (χ0v) is 13.7. The second-order valence-electron chi connectivity index (χ2n) is 6.06. The first-order valence-electron chi connectivity index (χ1n) is 8.29. The summed E-state index contributed by atoms with van der Waals surface area (Å²) in [5, 5.41) is 0. The Bertz CT molecular complexity index is 846. The van der Waals surface area contributed by atoms with Crippen LogP contribution >= 0.6 is 0 Å². The number of carbonyl (C=O) groups excluding carboxylic acids is 1. The molecule has 1 heterocycles. The summed E-state index contributed by atoms with van der Waals surface area (Å²) in [7, 11) is 0. The fourth-order valence-electron chi connectivity index (χ4n) is 3.15. The van der Waals surface area contributed by atoms with Crippen molar-refractivity contribution in [3.05, 3.63) is 108 Å². The molecule has 2 atom stereocenters. The lowest BCUT2D eigenvalue weighted by molar-refractivity contribution is -0.0828. The highest BCUT2D eigenvalue weighted by molar-refractivity contribution is 6.03. The molecule has 0 saturated carbocycles. The van der Waals surface area contributed by atoms with E-state index in [0.29, 0.717) is 5.56 Å². The zero-order chi connectivity index (χ0) is 17.1. The van der Waals surface area contributed by atoms with E-state index in [-0.39, 0.29) is 12.4 Å². The second kappa shape index (κ2) is 6.63. The molecule has 25 heavy (non-hydrogen) atoms. The fourth-order valence-corrected chi connectivity index (χ4v) is 3.15. The standard InChI is InChI=1S/C22H18O3/c23-20(17-10-4-1-5-11-17)22(19-14-8-3-9-15-19)16-24-21(25-22)18-12-6-2-7-13-18/h1-15,21H,16H2. The predicted molar refractivity (Wildman–Crippen MR) is 95.1 cm³/mol. The van der Waals surface area contributed by atoms with Crippen LogP contribution in [0.4, 0.5) is 0 Å². The molecule has 1 saturated heterocycles. The lowest BCUT2D eigenvalue weighted by Gasteiger charge is -2.26. The van der Waals surface area contributed by atoms with Gasteiger partial charge in [-0.05, 0) is 5.56 Å². The van der Waals surface area contributed by atoms with Crippen molar-refractivity contribution in [2.75, 3.05) is 6.61 Å². The Balaban J connectivity index is 1.75. The molecule has 124 valence electrons. The fraction of sp³-hybridized carbons (Fsp3) is 0.136. The molecule has 0 spiro atoms. The van der Waals surface area contributed by atoms with E-state index in [1.165, 1.54) is 0 Å². The van der Waals surface area contributed by atoms with Gasteiger partial charge in [0.05, 0.1) is 6.61 Å². The quantitative estimate of drug-likeness (QED) is 0.660. The molecule has 0 bridgehead atoms. The van der Waals surface area contributed by atoms with Crippen LogP contribution in [0.15, 0.2) is 91.0 Å². The molecule has 0 radical (unpaired) electrons. The highest BCUT2D eigenvalue weighted by Crippen LogP contribution is 2.42. The Morgan fingerprint density at radius 1 is 0.800 bits per heavy atom. The topological polar surface area (TPSA) is 35.5 Å². The third kappa shape index (κ3) is 2.88. The van der Waals surface area contributed by atoms with Crippen LogP contribution in [0.25, 0.3) is 0 Å². The summed E-state index contributed by atoms with van der Waals surface area (Å²) in [6.45, 7) is 0.185. The molecular weight excluding hydrogens is 312 g/mol. The van der Waals surface area contributed by atoms with E-state index < -0.39 is 11.9 Å². The highest BCUT2D eigenvalue weighted by Gasteiger charge is 2.49. The van der Waals surface area contributed by atoms with Gasteiger partial charge >= 0.3 is 0 Å². The van der Waals surface area contributed by atoms with Gasteiger partial charge in [-0.15, -0.1) is 0 Å². The molecule has 1 fully saturated rings. The smallest absolute Gasteiger partial charge is 0.201 e. The number of ether oxygens (including phenoxy) is 2. The zero-order valence-electron chi connectivity index (χ0n) is 13.7. The molecule has 3 heteroatoms. The van der Waals surface area contributed by atoms with Crippen LogP contribution in [-0.4, -0.2) is 12.4 Å². The Morgan fingerprint density at radius 2 is 1.36 bits per heavy atom. The number of benzene rings is 3. The van der Waals surface area contributed by atoms with Crippen molar-refractivity contribution >= 4 is 5.78 Å². The minimum atomic E-state index is -1.14. The summed E-state index contributed by atoms with van der Waals surface area (Å²) >= 11 is 0. The minimum absolute atomic E-state index is 0.0854. The Hall–Kier alpha value is -2.75. The third-order valence-corrected chi connectivity index (χ3v) is 4.46. The maximum absolute atomic E-state index is 13.3. The van der Waals surface area contributed by atoms with E-state index in [0.717, 1.165) is 11.1 Å². The SMILES string of the molecule is O=C(c1ccccc1)C1(c2ccccc2)COC(c2ccccc2)O1. The number of carbonyl (C=O) groups is 1. The Labute approximate surface area is 146 Å². The molecule has 0 amide bonds. The van der Waals surface area contributed by atoms with Gasteiger partial charge in [0.15, 0.2) is 11.9 Å². The van der Waals surface area contributed by atoms with Gasteiger partial charge in [-0.3, -0.25) is 4.79 Å². The van der Waals surface area contributed by atoms with Gasteiger partial charge in [0, 0.05) is 11.1 Å². The molecule has 3 aromatic rings. The van der Waals surface area contributed by atoms with Gasteiger partial charge in [0.1, 0.15) is 0 Å². The molecule has 2 unspecified atom stereocenters. The summed E-state index contributed by atoms with van der Waals surface area (Å²) in [5.41, 5.74) is 1.19. The van der Waals surface area contributed by atoms with Crippen LogP contribution in [0.2, 0.25) is 0 Å². The Morgan fingerprint density at radius 3 is 2.00 bits per heavy atom. The first-order valence-corrected chi connectivity index (χ1v) is 8.29. The largest absolute Gasteiger partial charge is 0.344 e. The molecule has 3 aromatic carbocycles. The highest BCUT2D eigenvalue weighted by atomic mass is 16.7. The van der Waals surface area contributed by atoms with E-state index in [1.54, 1.807) is 0 Å². The van der Waals surface area contributed by atoms with Gasteiger partial charge in [0.25, 0.3) is 0 Å². The van der Waals surface area contributed by atoms with Crippen LogP contribution < -0.4 is 0 Å². The second-order valence-corrected chi connectivity index (χ2v) is 6.06. The molecular formula is C22H18O3. The molecule has 1 aliphatic heterocycles. The van der Waals surface area contributed by atoms with Gasteiger partial charge in [-0.25, -0.2) is 0 Å². The molecule has 0 N–H and O–H groups in total. The van der Waals surface area contributed by atoms with Crippen molar-refractivity contribution in [2.45, 2.75) is 11.9 Å². The number of Topliss-reactive ketones (excluding diaryl/α,β-unsaturated/α-hetero) is 1. The van der Waals surface area contributed by atoms with Crippen molar-refractivity contribution in [3.63, 3.8) is 0 Å². The van der Waals surface area contributed by atoms with Crippen LogP contribution in [0.3, 0.4) is 0 Å². The van der Waals surface area contributed by atoms with Crippen molar-refractivity contribution in [1.29, 1.82) is 0 Å². The minimum Gasteiger partial charge on any atom is -0.344 e. The monoisotopic (exact) mass is 330 g/mol. The van der Waals surface area contributed by atoms with Crippen molar-refractivity contribution in [3.8, 4) is 0 Å². The first kappa shape index (κ1) is 15.8.